The quantitative estimate of drug-likeness (QED) is 0.861. The Hall–Kier alpha value is -1.77. The van der Waals surface area contributed by atoms with Crippen molar-refractivity contribution in [3.8, 4) is 5.75 Å². The summed E-state index contributed by atoms with van der Waals surface area (Å²) >= 11 is 0. The van der Waals surface area contributed by atoms with Gasteiger partial charge in [-0.05, 0) is 36.1 Å². The van der Waals surface area contributed by atoms with Crippen LogP contribution in [0, 0.1) is 0 Å². The van der Waals surface area contributed by atoms with Crippen molar-refractivity contribution in [2.45, 2.75) is 26.2 Å². The molecule has 3 nitrogen and oxygen atoms in total. The molecule has 2 aromatic rings. The van der Waals surface area contributed by atoms with E-state index in [0.29, 0.717) is 11.1 Å². The molecule has 1 heterocycles. The molecule has 0 saturated carbocycles. The molecule has 0 radical (unpaired) electrons. The van der Waals surface area contributed by atoms with Gasteiger partial charge in [-0.3, -0.25) is 0 Å². The third kappa shape index (κ3) is 2.08. The van der Waals surface area contributed by atoms with E-state index in [-0.39, 0.29) is 11.4 Å². The molecule has 1 aromatic heterocycles. The third-order valence-corrected chi connectivity index (χ3v) is 2.57. The van der Waals surface area contributed by atoms with Gasteiger partial charge >= 0.3 is 5.63 Å². The number of hydrogen-bond donors (Lipinski definition) is 1. The molecule has 0 amide bonds. The Morgan fingerprint density at radius 3 is 2.88 bits per heavy atom. The molecule has 0 aliphatic heterocycles. The van der Waals surface area contributed by atoms with E-state index in [0.717, 1.165) is 24.6 Å². The van der Waals surface area contributed by atoms with E-state index in [1.165, 1.54) is 6.07 Å². The predicted molar refractivity (Wildman–Crippen MR) is 62.8 cm³/mol. The van der Waals surface area contributed by atoms with Gasteiger partial charge in [-0.15, -0.1) is 0 Å². The molecule has 84 valence electrons. The topological polar surface area (TPSA) is 50.4 Å². The average molecular weight is 218 g/mol. The van der Waals surface area contributed by atoms with Crippen LogP contribution in [-0.2, 0) is 6.42 Å². The molecular weight excluding hydrogens is 204 g/mol. The number of aromatic hydroxyl groups is 1. The standard InChI is InChI=1S/C13H14O3/c1-2-3-4-11-8-9-7-10(14)5-6-12(9)13(15)16-11/h5-8,14H,2-4H2,1H3. The number of rotatable bonds is 3. The monoisotopic (exact) mass is 218 g/mol. The molecule has 1 N–H and O–H groups in total. The van der Waals surface area contributed by atoms with Crippen molar-refractivity contribution in [3.05, 3.63) is 40.4 Å². The molecule has 0 unspecified atom stereocenters. The fourth-order valence-corrected chi connectivity index (χ4v) is 1.71. The zero-order chi connectivity index (χ0) is 11.5. The Kier molecular flexibility index (Phi) is 2.95. The maximum absolute atomic E-state index is 11.6. The lowest BCUT2D eigenvalue weighted by molar-refractivity contribution is 0.459. The Labute approximate surface area is 93.3 Å². The van der Waals surface area contributed by atoms with Gasteiger partial charge in [0.05, 0.1) is 5.39 Å². The van der Waals surface area contributed by atoms with Crippen LogP contribution in [-0.4, -0.2) is 5.11 Å². The molecule has 2 rings (SSSR count). The van der Waals surface area contributed by atoms with Gasteiger partial charge in [-0.2, -0.15) is 0 Å². The first-order chi connectivity index (χ1) is 7.70. The number of hydrogen-bond acceptors (Lipinski definition) is 3. The van der Waals surface area contributed by atoms with Gasteiger partial charge in [0.25, 0.3) is 0 Å². The van der Waals surface area contributed by atoms with E-state index in [1.54, 1.807) is 12.1 Å². The molecule has 0 aliphatic carbocycles. The number of fused-ring (bicyclic) bond motifs is 1. The minimum Gasteiger partial charge on any atom is -0.508 e. The lowest BCUT2D eigenvalue weighted by Crippen LogP contribution is -2.02. The molecule has 1 aromatic carbocycles. The van der Waals surface area contributed by atoms with Crippen molar-refractivity contribution in [1.29, 1.82) is 0 Å². The highest BCUT2D eigenvalue weighted by Gasteiger charge is 2.04. The van der Waals surface area contributed by atoms with Gasteiger partial charge in [0.2, 0.25) is 0 Å². The molecule has 3 heteroatoms. The highest BCUT2D eigenvalue weighted by molar-refractivity contribution is 5.82. The Bertz CT molecular complexity index is 555. The van der Waals surface area contributed by atoms with Gasteiger partial charge in [0, 0.05) is 6.42 Å². The van der Waals surface area contributed by atoms with E-state index in [9.17, 15) is 9.90 Å². The number of benzene rings is 1. The maximum atomic E-state index is 11.6. The Morgan fingerprint density at radius 1 is 1.31 bits per heavy atom. The molecule has 0 saturated heterocycles. The van der Waals surface area contributed by atoms with Crippen LogP contribution in [0.2, 0.25) is 0 Å². The highest BCUT2D eigenvalue weighted by atomic mass is 16.4. The molecule has 0 bridgehead atoms. The second-order valence-corrected chi connectivity index (χ2v) is 3.88. The largest absolute Gasteiger partial charge is 0.508 e. The Morgan fingerprint density at radius 2 is 2.12 bits per heavy atom. The first-order valence-electron chi connectivity index (χ1n) is 5.46. The Balaban J connectivity index is 2.52. The van der Waals surface area contributed by atoms with Gasteiger partial charge in [0.15, 0.2) is 0 Å². The van der Waals surface area contributed by atoms with Crippen LogP contribution in [0.15, 0.2) is 33.5 Å². The molecule has 16 heavy (non-hydrogen) atoms. The van der Waals surface area contributed by atoms with Crippen LogP contribution in [0.1, 0.15) is 25.5 Å². The molecule has 0 aliphatic rings. The first-order valence-corrected chi connectivity index (χ1v) is 5.46. The van der Waals surface area contributed by atoms with Gasteiger partial charge in [-0.1, -0.05) is 13.3 Å². The van der Waals surface area contributed by atoms with Crippen LogP contribution in [0.25, 0.3) is 10.8 Å². The van der Waals surface area contributed by atoms with Crippen LogP contribution in [0.5, 0.6) is 5.75 Å². The fourth-order valence-electron chi connectivity index (χ4n) is 1.71. The zero-order valence-corrected chi connectivity index (χ0v) is 9.19. The van der Waals surface area contributed by atoms with Crippen LogP contribution < -0.4 is 5.63 Å². The van der Waals surface area contributed by atoms with Crippen LogP contribution in [0.3, 0.4) is 0 Å². The van der Waals surface area contributed by atoms with Crippen molar-refractivity contribution in [2.24, 2.45) is 0 Å². The summed E-state index contributed by atoms with van der Waals surface area (Å²) in [5.41, 5.74) is -0.330. The summed E-state index contributed by atoms with van der Waals surface area (Å²) in [4.78, 5) is 11.6. The smallest absolute Gasteiger partial charge is 0.343 e. The van der Waals surface area contributed by atoms with Crippen molar-refractivity contribution >= 4 is 10.8 Å². The fraction of sp³-hybridized carbons (Fsp3) is 0.308. The van der Waals surface area contributed by atoms with E-state index in [4.69, 9.17) is 4.42 Å². The summed E-state index contributed by atoms with van der Waals surface area (Å²) in [5.74, 6) is 0.851. The highest BCUT2D eigenvalue weighted by Crippen LogP contribution is 2.19. The average Bonchev–Trinajstić information content (AvgIpc) is 2.25. The number of phenolic OH excluding ortho intramolecular Hbond substituents is 1. The van der Waals surface area contributed by atoms with Gasteiger partial charge < -0.3 is 9.52 Å². The summed E-state index contributed by atoms with van der Waals surface area (Å²) in [6.07, 6.45) is 2.81. The minimum absolute atomic E-state index is 0.166. The van der Waals surface area contributed by atoms with E-state index < -0.39 is 0 Å². The van der Waals surface area contributed by atoms with Crippen molar-refractivity contribution < 1.29 is 9.52 Å². The number of aryl methyl sites for hydroxylation is 1. The normalized spacial score (nSPS) is 10.8. The maximum Gasteiger partial charge on any atom is 0.343 e. The summed E-state index contributed by atoms with van der Waals surface area (Å²) in [6.45, 7) is 2.09. The van der Waals surface area contributed by atoms with Crippen molar-refractivity contribution in [2.75, 3.05) is 0 Å². The summed E-state index contributed by atoms with van der Waals surface area (Å²) in [7, 11) is 0. The SMILES string of the molecule is CCCCc1cc2cc(O)ccc2c(=O)o1. The van der Waals surface area contributed by atoms with Gasteiger partial charge in [-0.25, -0.2) is 4.79 Å². The second kappa shape index (κ2) is 4.39. The van der Waals surface area contributed by atoms with Crippen LogP contribution in [0.4, 0.5) is 0 Å². The van der Waals surface area contributed by atoms with E-state index >= 15 is 0 Å². The van der Waals surface area contributed by atoms with E-state index in [1.807, 2.05) is 6.07 Å². The minimum atomic E-state index is -0.330. The van der Waals surface area contributed by atoms with Crippen molar-refractivity contribution in [1.82, 2.24) is 0 Å². The summed E-state index contributed by atoms with van der Waals surface area (Å²) < 4.78 is 5.20. The molecule has 0 spiro atoms. The van der Waals surface area contributed by atoms with Gasteiger partial charge in [0.1, 0.15) is 11.5 Å². The van der Waals surface area contributed by atoms with E-state index in [2.05, 4.69) is 6.92 Å². The van der Waals surface area contributed by atoms with Crippen LogP contribution >= 0.6 is 0 Å². The molecular formula is C13H14O3. The molecule has 0 atom stereocenters. The first kappa shape index (κ1) is 10.7. The lowest BCUT2D eigenvalue weighted by atomic mass is 10.1. The number of phenols is 1. The number of unbranched alkanes of at least 4 members (excludes halogenated alkanes) is 1. The van der Waals surface area contributed by atoms with Crippen molar-refractivity contribution in [3.63, 3.8) is 0 Å². The summed E-state index contributed by atoms with van der Waals surface area (Å²) in [6, 6.07) is 6.49. The third-order valence-electron chi connectivity index (χ3n) is 2.57. The second-order valence-electron chi connectivity index (χ2n) is 3.88. The predicted octanol–water partition coefficient (Wildman–Crippen LogP) is 2.84. The zero-order valence-electron chi connectivity index (χ0n) is 9.19. The molecule has 0 fully saturated rings. The summed E-state index contributed by atoms with van der Waals surface area (Å²) in [5, 5.41) is 10.6. The lowest BCUT2D eigenvalue weighted by Gasteiger charge is -2.01.